The zero-order valence-corrected chi connectivity index (χ0v) is 11.0. The summed E-state index contributed by atoms with van der Waals surface area (Å²) in [6.45, 7) is 0. The van der Waals surface area contributed by atoms with E-state index < -0.39 is 0 Å². The number of rotatable bonds is 2. The van der Waals surface area contributed by atoms with Crippen molar-refractivity contribution in [1.82, 2.24) is 0 Å². The molecular weight excluding hydrogens is 263 g/mol. The van der Waals surface area contributed by atoms with E-state index in [2.05, 4.69) is 5.32 Å². The van der Waals surface area contributed by atoms with Crippen LogP contribution in [0, 0.1) is 5.82 Å². The van der Waals surface area contributed by atoms with E-state index in [0.29, 0.717) is 10.7 Å². The van der Waals surface area contributed by atoms with Crippen LogP contribution in [0.25, 0.3) is 0 Å². The van der Waals surface area contributed by atoms with Crippen molar-refractivity contribution in [3.63, 3.8) is 0 Å². The van der Waals surface area contributed by atoms with Gasteiger partial charge in [0, 0.05) is 5.69 Å². The molecule has 0 aliphatic heterocycles. The number of fused-ring (bicyclic) bond motifs is 1. The molecule has 0 bridgehead atoms. The van der Waals surface area contributed by atoms with E-state index in [0.717, 1.165) is 18.5 Å². The summed E-state index contributed by atoms with van der Waals surface area (Å²) in [5.74, 6) is -0.289. The van der Waals surface area contributed by atoms with E-state index in [-0.39, 0.29) is 11.9 Å². The molecule has 1 unspecified atom stereocenters. The number of aryl methyl sites for hydroxylation is 1. The Bertz CT molecular complexity index is 628. The topological polar surface area (TPSA) is 38.0 Å². The Morgan fingerprint density at radius 1 is 1.21 bits per heavy atom. The van der Waals surface area contributed by atoms with E-state index in [1.807, 2.05) is 18.2 Å². The number of nitrogens with two attached hydrogens (primary N) is 1. The Labute approximate surface area is 116 Å². The first-order valence-corrected chi connectivity index (χ1v) is 6.61. The highest BCUT2D eigenvalue weighted by Crippen LogP contribution is 2.36. The van der Waals surface area contributed by atoms with Crippen LogP contribution in [0.5, 0.6) is 0 Å². The average molecular weight is 277 g/mol. The van der Waals surface area contributed by atoms with Crippen LogP contribution in [0.1, 0.15) is 23.6 Å². The molecule has 0 heterocycles. The molecule has 2 aromatic rings. The van der Waals surface area contributed by atoms with E-state index in [1.165, 1.54) is 23.3 Å². The number of hydrogen-bond donors (Lipinski definition) is 2. The van der Waals surface area contributed by atoms with E-state index in [9.17, 15) is 4.39 Å². The Balaban J connectivity index is 1.88. The lowest BCUT2D eigenvalue weighted by molar-refractivity contribution is 0.627. The molecule has 0 saturated carbocycles. The SMILES string of the molecule is Nc1ccc2c(c1)CCC2Nc1cc(F)ccc1Cl. The maximum atomic E-state index is 13.3. The normalized spacial score (nSPS) is 17.3. The number of anilines is 2. The van der Waals surface area contributed by atoms with Crippen LogP contribution in [-0.4, -0.2) is 0 Å². The number of benzene rings is 2. The molecule has 0 fully saturated rings. The van der Waals surface area contributed by atoms with Gasteiger partial charge in [-0.3, -0.25) is 0 Å². The van der Waals surface area contributed by atoms with Crippen LogP contribution in [0.3, 0.4) is 0 Å². The summed E-state index contributed by atoms with van der Waals surface area (Å²) < 4.78 is 13.3. The van der Waals surface area contributed by atoms with Gasteiger partial charge < -0.3 is 11.1 Å². The van der Waals surface area contributed by atoms with Crippen LogP contribution in [-0.2, 0) is 6.42 Å². The molecule has 19 heavy (non-hydrogen) atoms. The maximum absolute atomic E-state index is 13.3. The molecule has 1 aliphatic carbocycles. The van der Waals surface area contributed by atoms with Crippen molar-refractivity contribution in [3.8, 4) is 0 Å². The van der Waals surface area contributed by atoms with Crippen molar-refractivity contribution >= 4 is 23.0 Å². The summed E-state index contributed by atoms with van der Waals surface area (Å²) in [5, 5.41) is 3.85. The third-order valence-corrected chi connectivity index (χ3v) is 3.83. The predicted molar refractivity (Wildman–Crippen MR) is 76.9 cm³/mol. The lowest BCUT2D eigenvalue weighted by atomic mass is 10.1. The molecule has 3 rings (SSSR count). The van der Waals surface area contributed by atoms with Crippen LogP contribution in [0.2, 0.25) is 5.02 Å². The first-order chi connectivity index (χ1) is 9.13. The minimum atomic E-state index is -0.289. The lowest BCUT2D eigenvalue weighted by Crippen LogP contribution is -2.07. The largest absolute Gasteiger partial charge is 0.399 e. The molecule has 1 atom stereocenters. The first-order valence-electron chi connectivity index (χ1n) is 6.23. The van der Waals surface area contributed by atoms with Crippen molar-refractivity contribution in [3.05, 3.63) is 58.4 Å². The van der Waals surface area contributed by atoms with Gasteiger partial charge in [0.15, 0.2) is 0 Å². The maximum Gasteiger partial charge on any atom is 0.125 e. The molecule has 0 aromatic heterocycles. The highest BCUT2D eigenvalue weighted by molar-refractivity contribution is 6.33. The molecule has 0 spiro atoms. The van der Waals surface area contributed by atoms with E-state index >= 15 is 0 Å². The van der Waals surface area contributed by atoms with Gasteiger partial charge >= 0.3 is 0 Å². The summed E-state index contributed by atoms with van der Waals surface area (Å²) in [6.07, 6.45) is 1.94. The molecule has 0 saturated heterocycles. The second kappa shape index (κ2) is 4.74. The van der Waals surface area contributed by atoms with Crippen molar-refractivity contribution in [2.45, 2.75) is 18.9 Å². The Morgan fingerprint density at radius 3 is 2.89 bits per heavy atom. The zero-order valence-electron chi connectivity index (χ0n) is 10.3. The van der Waals surface area contributed by atoms with Crippen molar-refractivity contribution < 1.29 is 4.39 Å². The van der Waals surface area contributed by atoms with Crippen LogP contribution in [0.15, 0.2) is 36.4 Å². The van der Waals surface area contributed by atoms with E-state index in [4.69, 9.17) is 17.3 Å². The number of nitrogen functional groups attached to an aromatic ring is 1. The lowest BCUT2D eigenvalue weighted by Gasteiger charge is -2.17. The second-order valence-corrected chi connectivity index (χ2v) is 5.23. The zero-order chi connectivity index (χ0) is 13.4. The standard InChI is InChI=1S/C15H14ClFN2/c16-13-5-2-10(17)8-15(13)19-14-6-1-9-7-11(18)3-4-12(9)14/h2-5,7-8,14,19H,1,6,18H2. The molecule has 1 aliphatic rings. The minimum absolute atomic E-state index is 0.162. The van der Waals surface area contributed by atoms with Gasteiger partial charge in [-0.05, 0) is 54.3 Å². The highest BCUT2D eigenvalue weighted by Gasteiger charge is 2.22. The van der Waals surface area contributed by atoms with Crippen LogP contribution < -0.4 is 11.1 Å². The number of halogens is 2. The molecule has 0 radical (unpaired) electrons. The van der Waals surface area contributed by atoms with E-state index in [1.54, 1.807) is 6.07 Å². The Kier molecular flexibility index (Phi) is 3.07. The minimum Gasteiger partial charge on any atom is -0.399 e. The van der Waals surface area contributed by atoms with Crippen molar-refractivity contribution in [1.29, 1.82) is 0 Å². The Morgan fingerprint density at radius 2 is 2.05 bits per heavy atom. The van der Waals surface area contributed by atoms with Gasteiger partial charge in [-0.15, -0.1) is 0 Å². The average Bonchev–Trinajstić information content (AvgIpc) is 2.76. The summed E-state index contributed by atoms with van der Waals surface area (Å²) in [7, 11) is 0. The highest BCUT2D eigenvalue weighted by atomic mass is 35.5. The van der Waals surface area contributed by atoms with Gasteiger partial charge in [-0.2, -0.15) is 0 Å². The van der Waals surface area contributed by atoms with Crippen LogP contribution in [0.4, 0.5) is 15.8 Å². The summed E-state index contributed by atoms with van der Waals surface area (Å²) >= 11 is 6.08. The summed E-state index contributed by atoms with van der Waals surface area (Å²) in [4.78, 5) is 0. The monoisotopic (exact) mass is 276 g/mol. The Hall–Kier alpha value is -1.74. The second-order valence-electron chi connectivity index (χ2n) is 4.82. The molecule has 4 heteroatoms. The van der Waals surface area contributed by atoms with Gasteiger partial charge in [-0.1, -0.05) is 17.7 Å². The van der Waals surface area contributed by atoms with Gasteiger partial charge in [0.25, 0.3) is 0 Å². The third kappa shape index (κ3) is 2.38. The molecule has 2 aromatic carbocycles. The van der Waals surface area contributed by atoms with Gasteiger partial charge in [-0.25, -0.2) is 4.39 Å². The predicted octanol–water partition coefficient (Wildman–Crippen LogP) is 4.16. The van der Waals surface area contributed by atoms with Crippen molar-refractivity contribution in [2.24, 2.45) is 0 Å². The third-order valence-electron chi connectivity index (χ3n) is 3.50. The fourth-order valence-electron chi connectivity index (χ4n) is 2.58. The first kappa shape index (κ1) is 12.3. The van der Waals surface area contributed by atoms with Gasteiger partial charge in [0.2, 0.25) is 0 Å². The summed E-state index contributed by atoms with van der Waals surface area (Å²) in [6, 6.07) is 10.4. The van der Waals surface area contributed by atoms with Crippen LogP contribution >= 0.6 is 11.6 Å². The fourth-order valence-corrected chi connectivity index (χ4v) is 2.76. The molecule has 2 nitrogen and oxygen atoms in total. The van der Waals surface area contributed by atoms with Crippen molar-refractivity contribution in [2.75, 3.05) is 11.1 Å². The fraction of sp³-hybridized carbons (Fsp3) is 0.200. The summed E-state index contributed by atoms with van der Waals surface area (Å²) in [5.41, 5.74) is 9.67. The number of hydrogen-bond acceptors (Lipinski definition) is 2. The quantitative estimate of drug-likeness (QED) is 0.808. The molecular formula is C15H14ClFN2. The smallest absolute Gasteiger partial charge is 0.125 e. The number of nitrogens with one attached hydrogen (secondary N) is 1. The molecule has 98 valence electrons. The molecule has 3 N–H and O–H groups in total. The molecule has 0 amide bonds. The van der Waals surface area contributed by atoms with Gasteiger partial charge in [0.1, 0.15) is 5.82 Å². The van der Waals surface area contributed by atoms with Gasteiger partial charge in [0.05, 0.1) is 16.8 Å².